The van der Waals surface area contributed by atoms with Gasteiger partial charge in [0.1, 0.15) is 12.5 Å². The summed E-state index contributed by atoms with van der Waals surface area (Å²) in [6, 6.07) is 4.98. The third kappa shape index (κ3) is 4.40. The van der Waals surface area contributed by atoms with Gasteiger partial charge in [-0.3, -0.25) is 4.79 Å². The molecule has 136 valence electrons. The van der Waals surface area contributed by atoms with Crippen LogP contribution in [0.1, 0.15) is 11.6 Å². The molecule has 2 rings (SSSR count). The number of thiocarbonyl (C=S) groups is 1. The summed E-state index contributed by atoms with van der Waals surface area (Å²) >= 11 is 5.20. The van der Waals surface area contributed by atoms with Crippen LogP contribution in [0, 0.1) is 5.92 Å². The standard InChI is InChI=1S/C17H22N2O5S/c1-10-14(16(20)24-8-7-21-2)15(19-17(25)18-10)11-5-6-12(22-3)13(9-11)23-4/h5-6,9,14-15H,1,7-8H2,2-4H3,(H2,18,19,25)/t14-,15+/m0/s1. The fourth-order valence-corrected chi connectivity index (χ4v) is 2.86. The highest BCUT2D eigenvalue weighted by molar-refractivity contribution is 7.80. The number of hydrogen-bond donors (Lipinski definition) is 2. The zero-order valence-corrected chi connectivity index (χ0v) is 15.3. The van der Waals surface area contributed by atoms with Crippen LogP contribution in [0.2, 0.25) is 0 Å². The Morgan fingerprint density at radius 2 is 1.92 bits per heavy atom. The number of carbonyl (C=O) groups is 1. The predicted molar refractivity (Wildman–Crippen MR) is 96.6 cm³/mol. The Kier molecular flexibility index (Phi) is 6.60. The van der Waals surface area contributed by atoms with Crippen LogP contribution in [0.4, 0.5) is 0 Å². The van der Waals surface area contributed by atoms with Crippen molar-refractivity contribution in [3.05, 3.63) is 36.0 Å². The van der Waals surface area contributed by atoms with Gasteiger partial charge in [-0.25, -0.2) is 0 Å². The van der Waals surface area contributed by atoms with Gasteiger partial charge < -0.3 is 29.6 Å². The second-order valence-electron chi connectivity index (χ2n) is 5.35. The van der Waals surface area contributed by atoms with Gasteiger partial charge in [-0.15, -0.1) is 0 Å². The molecule has 0 radical (unpaired) electrons. The molecule has 1 aliphatic heterocycles. The first-order chi connectivity index (χ1) is 12.0. The summed E-state index contributed by atoms with van der Waals surface area (Å²) in [5, 5.41) is 6.39. The van der Waals surface area contributed by atoms with E-state index < -0.39 is 17.9 Å². The maximum Gasteiger partial charge on any atom is 0.317 e. The molecule has 0 amide bonds. The molecule has 2 N–H and O–H groups in total. The first-order valence-corrected chi connectivity index (χ1v) is 8.06. The Balaban J connectivity index is 2.31. The van der Waals surface area contributed by atoms with Gasteiger partial charge in [0.2, 0.25) is 0 Å². The normalized spacial score (nSPS) is 19.6. The molecule has 7 nitrogen and oxygen atoms in total. The Hall–Kier alpha value is -2.32. The predicted octanol–water partition coefficient (Wildman–Crippen LogP) is 1.54. The average Bonchev–Trinajstić information content (AvgIpc) is 2.60. The molecule has 0 bridgehead atoms. The third-order valence-corrected chi connectivity index (χ3v) is 4.04. The molecule has 1 saturated heterocycles. The number of benzene rings is 1. The molecule has 0 saturated carbocycles. The van der Waals surface area contributed by atoms with Crippen molar-refractivity contribution in [2.45, 2.75) is 6.04 Å². The second kappa shape index (κ2) is 8.68. The highest BCUT2D eigenvalue weighted by Crippen LogP contribution is 2.35. The summed E-state index contributed by atoms with van der Waals surface area (Å²) in [6.07, 6.45) is 0. The lowest BCUT2D eigenvalue weighted by Gasteiger charge is -2.35. The molecule has 1 aromatic rings. The Morgan fingerprint density at radius 1 is 1.20 bits per heavy atom. The zero-order valence-electron chi connectivity index (χ0n) is 14.5. The highest BCUT2D eigenvalue weighted by atomic mass is 32.1. The Morgan fingerprint density at radius 3 is 2.56 bits per heavy atom. The smallest absolute Gasteiger partial charge is 0.317 e. The van der Waals surface area contributed by atoms with E-state index in [4.69, 9.17) is 31.2 Å². The van der Waals surface area contributed by atoms with Crippen LogP contribution in [0.3, 0.4) is 0 Å². The molecule has 0 unspecified atom stereocenters. The summed E-state index contributed by atoms with van der Waals surface area (Å²) in [5.74, 6) is 0.0927. The number of ether oxygens (including phenoxy) is 4. The minimum atomic E-state index is -0.651. The monoisotopic (exact) mass is 366 g/mol. The number of rotatable bonds is 7. The molecule has 1 fully saturated rings. The second-order valence-corrected chi connectivity index (χ2v) is 5.76. The van der Waals surface area contributed by atoms with E-state index >= 15 is 0 Å². The number of nitrogens with one attached hydrogen (secondary N) is 2. The summed E-state index contributed by atoms with van der Waals surface area (Å²) < 4.78 is 20.8. The topological polar surface area (TPSA) is 78.0 Å². The number of methoxy groups -OCH3 is 3. The van der Waals surface area contributed by atoms with Gasteiger partial charge in [-0.1, -0.05) is 12.6 Å². The molecular weight excluding hydrogens is 344 g/mol. The van der Waals surface area contributed by atoms with Crippen molar-refractivity contribution in [1.29, 1.82) is 0 Å². The lowest BCUT2D eigenvalue weighted by molar-refractivity contribution is -0.149. The molecule has 0 spiro atoms. The lowest BCUT2D eigenvalue weighted by atomic mass is 9.89. The molecule has 8 heteroatoms. The maximum atomic E-state index is 12.5. The SMILES string of the molecule is C=C1NC(=S)N[C@H](c2ccc(OC)c(OC)c2)[C@H]1C(=O)OCCOC. The van der Waals surface area contributed by atoms with Crippen LogP contribution < -0.4 is 20.1 Å². The van der Waals surface area contributed by atoms with E-state index in [1.54, 1.807) is 33.5 Å². The van der Waals surface area contributed by atoms with Gasteiger partial charge in [0, 0.05) is 12.8 Å². The van der Waals surface area contributed by atoms with Crippen molar-refractivity contribution < 1.29 is 23.7 Å². The van der Waals surface area contributed by atoms with E-state index in [0.717, 1.165) is 5.56 Å². The Labute approximate surface area is 152 Å². The van der Waals surface area contributed by atoms with Crippen molar-refractivity contribution in [2.75, 3.05) is 34.5 Å². The number of esters is 1. The van der Waals surface area contributed by atoms with Gasteiger partial charge in [0.25, 0.3) is 0 Å². The largest absolute Gasteiger partial charge is 0.493 e. The van der Waals surface area contributed by atoms with Crippen LogP contribution in [-0.4, -0.2) is 45.6 Å². The molecule has 1 aliphatic rings. The molecule has 1 aromatic carbocycles. The fourth-order valence-electron chi connectivity index (χ4n) is 2.60. The van der Waals surface area contributed by atoms with Crippen LogP contribution in [0.5, 0.6) is 11.5 Å². The number of hydrogen-bond acceptors (Lipinski definition) is 6. The summed E-state index contributed by atoms with van der Waals surface area (Å²) in [5.41, 5.74) is 1.28. The highest BCUT2D eigenvalue weighted by Gasteiger charge is 2.38. The summed E-state index contributed by atoms with van der Waals surface area (Å²) in [4.78, 5) is 12.5. The van der Waals surface area contributed by atoms with E-state index in [-0.39, 0.29) is 6.61 Å². The van der Waals surface area contributed by atoms with Crippen molar-refractivity contribution in [3.8, 4) is 11.5 Å². The minimum Gasteiger partial charge on any atom is -0.493 e. The van der Waals surface area contributed by atoms with Gasteiger partial charge in [-0.2, -0.15) is 0 Å². The summed E-state index contributed by atoms with van der Waals surface area (Å²) in [7, 11) is 4.66. The van der Waals surface area contributed by atoms with Crippen LogP contribution in [0.25, 0.3) is 0 Å². The maximum absolute atomic E-state index is 12.5. The summed E-state index contributed by atoms with van der Waals surface area (Å²) in [6.45, 7) is 4.41. The van der Waals surface area contributed by atoms with Crippen molar-refractivity contribution >= 4 is 23.3 Å². The van der Waals surface area contributed by atoms with E-state index in [1.165, 1.54) is 0 Å². The molecule has 0 aliphatic carbocycles. The average molecular weight is 366 g/mol. The van der Waals surface area contributed by atoms with E-state index in [1.807, 2.05) is 6.07 Å². The molecule has 1 heterocycles. The van der Waals surface area contributed by atoms with Crippen molar-refractivity contribution in [3.63, 3.8) is 0 Å². The van der Waals surface area contributed by atoms with Gasteiger partial charge in [0.15, 0.2) is 16.6 Å². The molecule has 0 aromatic heterocycles. The number of carbonyl (C=O) groups excluding carboxylic acids is 1. The van der Waals surface area contributed by atoms with Crippen molar-refractivity contribution in [1.82, 2.24) is 10.6 Å². The van der Waals surface area contributed by atoms with Crippen LogP contribution >= 0.6 is 12.2 Å². The quantitative estimate of drug-likeness (QED) is 0.428. The van der Waals surface area contributed by atoms with E-state index in [9.17, 15) is 4.79 Å². The first-order valence-electron chi connectivity index (χ1n) is 7.65. The van der Waals surface area contributed by atoms with E-state index in [2.05, 4.69) is 17.2 Å². The van der Waals surface area contributed by atoms with Crippen molar-refractivity contribution in [2.24, 2.45) is 5.92 Å². The van der Waals surface area contributed by atoms with Crippen LogP contribution in [-0.2, 0) is 14.3 Å². The van der Waals surface area contributed by atoms with Gasteiger partial charge >= 0.3 is 5.97 Å². The van der Waals surface area contributed by atoms with Crippen LogP contribution in [0.15, 0.2) is 30.5 Å². The Bertz CT molecular complexity index is 664. The molecule has 25 heavy (non-hydrogen) atoms. The first kappa shape index (κ1) is 19.0. The lowest BCUT2D eigenvalue weighted by Crippen LogP contribution is -2.51. The molecular formula is C17H22N2O5S. The van der Waals surface area contributed by atoms with Gasteiger partial charge in [0.05, 0.1) is 26.9 Å². The molecule has 2 atom stereocenters. The zero-order chi connectivity index (χ0) is 18.4. The minimum absolute atomic E-state index is 0.169. The third-order valence-electron chi connectivity index (χ3n) is 3.82. The fraction of sp³-hybridized carbons (Fsp3) is 0.412. The van der Waals surface area contributed by atoms with E-state index in [0.29, 0.717) is 28.9 Å². The van der Waals surface area contributed by atoms with Gasteiger partial charge in [-0.05, 0) is 29.9 Å².